The second-order valence-corrected chi connectivity index (χ2v) is 3.15. The van der Waals surface area contributed by atoms with Crippen molar-refractivity contribution in [3.05, 3.63) is 23.3 Å². The third kappa shape index (κ3) is 0.942. The number of aromatic amines is 2. The van der Waals surface area contributed by atoms with E-state index < -0.39 is 0 Å². The number of hydrogen-bond donors (Lipinski definition) is 2. The zero-order chi connectivity index (χ0) is 8.72. The van der Waals surface area contributed by atoms with Crippen molar-refractivity contribution < 1.29 is 4.98 Å². The van der Waals surface area contributed by atoms with Crippen LogP contribution in [0.2, 0.25) is 0 Å². The molecule has 0 atom stereocenters. The van der Waals surface area contributed by atoms with Crippen LogP contribution in [-0.2, 0) is 0 Å². The summed E-state index contributed by atoms with van der Waals surface area (Å²) in [5.74, 6) is 0.606. The number of nitrogens with one attached hydrogen (secondary N) is 2. The first-order valence-electron chi connectivity index (χ1n) is 3.94. The minimum Gasteiger partial charge on any atom is -0.290 e. The molecule has 0 saturated heterocycles. The monoisotopic (exact) mass is 162 g/mol. The van der Waals surface area contributed by atoms with Crippen molar-refractivity contribution in [1.29, 1.82) is 0 Å². The maximum atomic E-state index is 5.58. The molecule has 0 fully saturated rings. The SMILES string of the molecule is Cc1cc2[nH]c(N)[nH+]c2cc1C. The molecule has 1 aromatic heterocycles. The molecular weight excluding hydrogens is 150 g/mol. The van der Waals surface area contributed by atoms with Crippen LogP contribution in [0.5, 0.6) is 0 Å². The van der Waals surface area contributed by atoms with Gasteiger partial charge in [-0.15, -0.1) is 0 Å². The van der Waals surface area contributed by atoms with Gasteiger partial charge in [-0.2, -0.15) is 0 Å². The van der Waals surface area contributed by atoms with Gasteiger partial charge in [0.25, 0.3) is 0 Å². The summed E-state index contributed by atoms with van der Waals surface area (Å²) in [5.41, 5.74) is 10.3. The van der Waals surface area contributed by atoms with Gasteiger partial charge in [0.15, 0.2) is 0 Å². The molecule has 1 aromatic carbocycles. The van der Waals surface area contributed by atoms with E-state index in [-0.39, 0.29) is 0 Å². The number of imidazole rings is 1. The van der Waals surface area contributed by atoms with Crippen LogP contribution in [0, 0.1) is 13.8 Å². The van der Waals surface area contributed by atoms with Gasteiger partial charge in [-0.05, 0) is 37.1 Å². The zero-order valence-corrected chi connectivity index (χ0v) is 7.23. The summed E-state index contributed by atoms with van der Waals surface area (Å²) >= 11 is 0. The average molecular weight is 162 g/mol. The maximum absolute atomic E-state index is 5.58. The second kappa shape index (κ2) is 2.24. The van der Waals surface area contributed by atoms with E-state index in [1.54, 1.807) is 0 Å². The minimum atomic E-state index is 0.606. The standard InChI is InChI=1S/C9H11N3/c1-5-3-7-8(4-6(5)2)12-9(10)11-7/h3-4H,1-2H3,(H3,10,11,12)/p+1. The largest absolute Gasteiger partial charge is 0.351 e. The number of fused-ring (bicyclic) bond motifs is 1. The van der Waals surface area contributed by atoms with Crippen molar-refractivity contribution in [2.75, 3.05) is 5.73 Å². The van der Waals surface area contributed by atoms with Crippen molar-refractivity contribution in [2.24, 2.45) is 0 Å². The molecule has 62 valence electrons. The van der Waals surface area contributed by atoms with Gasteiger partial charge in [-0.1, -0.05) is 0 Å². The van der Waals surface area contributed by atoms with Gasteiger partial charge in [0.2, 0.25) is 0 Å². The van der Waals surface area contributed by atoms with Crippen LogP contribution in [0.15, 0.2) is 12.1 Å². The lowest BCUT2D eigenvalue weighted by Crippen LogP contribution is -2.05. The first kappa shape index (κ1) is 7.16. The molecule has 0 saturated carbocycles. The molecule has 0 unspecified atom stereocenters. The summed E-state index contributed by atoms with van der Waals surface area (Å²) in [4.78, 5) is 6.10. The number of nitrogen functional groups attached to an aromatic ring is 1. The number of anilines is 1. The Bertz CT molecular complexity index is 390. The molecule has 0 aliphatic heterocycles. The van der Waals surface area contributed by atoms with Gasteiger partial charge >= 0.3 is 5.95 Å². The van der Waals surface area contributed by atoms with Gasteiger partial charge in [-0.25, -0.2) is 9.97 Å². The smallest absolute Gasteiger partial charge is 0.290 e. The summed E-state index contributed by atoms with van der Waals surface area (Å²) in [6.45, 7) is 4.18. The quantitative estimate of drug-likeness (QED) is 0.600. The molecule has 2 rings (SSSR count). The Balaban J connectivity index is 2.83. The molecule has 12 heavy (non-hydrogen) atoms. The second-order valence-electron chi connectivity index (χ2n) is 3.15. The number of aryl methyl sites for hydroxylation is 2. The molecule has 0 aliphatic rings. The number of aromatic nitrogens is 2. The Morgan fingerprint density at radius 3 is 2.67 bits per heavy atom. The summed E-state index contributed by atoms with van der Waals surface area (Å²) < 4.78 is 0. The highest BCUT2D eigenvalue weighted by atomic mass is 15.0. The maximum Gasteiger partial charge on any atom is 0.351 e. The van der Waals surface area contributed by atoms with Crippen molar-refractivity contribution >= 4 is 17.0 Å². The molecule has 0 aliphatic carbocycles. The van der Waals surface area contributed by atoms with Gasteiger partial charge in [0, 0.05) is 0 Å². The van der Waals surface area contributed by atoms with E-state index in [0.717, 1.165) is 11.0 Å². The lowest BCUT2D eigenvalue weighted by Gasteiger charge is -1.95. The van der Waals surface area contributed by atoms with E-state index in [0.29, 0.717) is 5.95 Å². The molecule has 0 radical (unpaired) electrons. The summed E-state index contributed by atoms with van der Waals surface area (Å²) in [6, 6.07) is 4.19. The Kier molecular flexibility index (Phi) is 1.33. The van der Waals surface area contributed by atoms with E-state index in [1.807, 2.05) is 0 Å². The highest BCUT2D eigenvalue weighted by molar-refractivity contribution is 5.74. The van der Waals surface area contributed by atoms with Crippen LogP contribution in [0.1, 0.15) is 11.1 Å². The average Bonchev–Trinajstić information content (AvgIpc) is 2.30. The molecule has 3 nitrogen and oxygen atoms in total. The Labute approximate surface area is 70.6 Å². The van der Waals surface area contributed by atoms with Crippen LogP contribution < -0.4 is 10.7 Å². The Morgan fingerprint density at radius 1 is 1.25 bits per heavy atom. The number of H-pyrrole nitrogens is 2. The van der Waals surface area contributed by atoms with Crippen LogP contribution in [0.3, 0.4) is 0 Å². The summed E-state index contributed by atoms with van der Waals surface area (Å²) in [7, 11) is 0. The fourth-order valence-electron chi connectivity index (χ4n) is 1.34. The molecule has 2 aromatic rings. The Hall–Kier alpha value is -1.51. The normalized spacial score (nSPS) is 10.8. The number of hydrogen-bond acceptors (Lipinski definition) is 1. The minimum absolute atomic E-state index is 0.606. The van der Waals surface area contributed by atoms with E-state index in [4.69, 9.17) is 5.73 Å². The summed E-state index contributed by atoms with van der Waals surface area (Å²) in [5, 5.41) is 0. The van der Waals surface area contributed by atoms with Crippen molar-refractivity contribution in [1.82, 2.24) is 4.98 Å². The lowest BCUT2D eigenvalue weighted by molar-refractivity contribution is -0.325. The van der Waals surface area contributed by atoms with E-state index >= 15 is 0 Å². The van der Waals surface area contributed by atoms with Gasteiger partial charge in [0.1, 0.15) is 11.0 Å². The van der Waals surface area contributed by atoms with Crippen LogP contribution >= 0.6 is 0 Å². The van der Waals surface area contributed by atoms with Crippen molar-refractivity contribution in [3.63, 3.8) is 0 Å². The van der Waals surface area contributed by atoms with Crippen LogP contribution in [-0.4, -0.2) is 4.98 Å². The third-order valence-electron chi connectivity index (χ3n) is 2.17. The van der Waals surface area contributed by atoms with E-state index in [1.165, 1.54) is 11.1 Å². The van der Waals surface area contributed by atoms with Crippen molar-refractivity contribution in [2.45, 2.75) is 13.8 Å². The molecule has 0 bridgehead atoms. The number of rotatable bonds is 0. The van der Waals surface area contributed by atoms with Gasteiger partial charge < -0.3 is 0 Å². The van der Waals surface area contributed by atoms with Gasteiger partial charge in [0.05, 0.1) is 0 Å². The van der Waals surface area contributed by atoms with Crippen LogP contribution in [0.4, 0.5) is 5.95 Å². The van der Waals surface area contributed by atoms with Gasteiger partial charge in [-0.3, -0.25) is 5.73 Å². The fourth-order valence-corrected chi connectivity index (χ4v) is 1.34. The molecule has 4 N–H and O–H groups in total. The first-order chi connectivity index (χ1) is 5.66. The molecule has 0 amide bonds. The molecular formula is C9H12N3+. The molecule has 1 heterocycles. The fraction of sp³-hybridized carbons (Fsp3) is 0.222. The lowest BCUT2D eigenvalue weighted by atomic mass is 10.1. The molecule has 0 spiro atoms. The van der Waals surface area contributed by atoms with Crippen molar-refractivity contribution in [3.8, 4) is 0 Å². The predicted molar refractivity (Wildman–Crippen MR) is 48.7 cm³/mol. The third-order valence-corrected chi connectivity index (χ3v) is 2.17. The summed E-state index contributed by atoms with van der Waals surface area (Å²) in [6.07, 6.45) is 0. The van der Waals surface area contributed by atoms with Crippen LogP contribution in [0.25, 0.3) is 11.0 Å². The predicted octanol–water partition coefficient (Wildman–Crippen LogP) is 1.18. The molecule has 3 heteroatoms. The zero-order valence-electron chi connectivity index (χ0n) is 7.23. The van der Waals surface area contributed by atoms with E-state index in [2.05, 4.69) is 35.9 Å². The highest BCUT2D eigenvalue weighted by Gasteiger charge is 2.05. The highest BCUT2D eigenvalue weighted by Crippen LogP contribution is 2.14. The first-order valence-corrected chi connectivity index (χ1v) is 3.94. The number of benzene rings is 1. The van der Waals surface area contributed by atoms with E-state index in [9.17, 15) is 0 Å². The topological polar surface area (TPSA) is 56.0 Å². The Morgan fingerprint density at radius 2 is 1.92 bits per heavy atom. The number of nitrogens with two attached hydrogens (primary N) is 1.